The zero-order chi connectivity index (χ0) is 15.1. The quantitative estimate of drug-likeness (QED) is 0.800. The molecule has 0 saturated heterocycles. The lowest BCUT2D eigenvalue weighted by molar-refractivity contribution is -0.142. The second kappa shape index (κ2) is 7.10. The summed E-state index contributed by atoms with van der Waals surface area (Å²) in [6.45, 7) is 3.45. The van der Waals surface area contributed by atoms with Crippen molar-refractivity contribution in [3.63, 3.8) is 0 Å². The van der Waals surface area contributed by atoms with Gasteiger partial charge in [-0.2, -0.15) is 5.26 Å². The Morgan fingerprint density at radius 3 is 2.35 bits per heavy atom. The topological polar surface area (TPSA) is 90.2 Å². The molecule has 0 bridgehead atoms. The Labute approximate surface area is 117 Å². The molecule has 5 heteroatoms. The van der Waals surface area contributed by atoms with Crippen molar-refractivity contribution in [2.45, 2.75) is 19.9 Å². The summed E-state index contributed by atoms with van der Waals surface area (Å²) in [5.41, 5.74) is 1.30. The highest BCUT2D eigenvalue weighted by atomic mass is 16.4. The van der Waals surface area contributed by atoms with Gasteiger partial charge in [0.15, 0.2) is 0 Å². The summed E-state index contributed by atoms with van der Waals surface area (Å²) in [4.78, 5) is 22.6. The normalized spacial score (nSPS) is 12.1. The highest BCUT2D eigenvalue weighted by molar-refractivity contribution is 5.94. The Kier molecular flexibility index (Phi) is 5.48. The number of carbonyl (C=O) groups excluding carboxylic acids is 1. The summed E-state index contributed by atoms with van der Waals surface area (Å²) < 4.78 is 0. The minimum absolute atomic E-state index is 0.195. The lowest BCUT2D eigenvalue weighted by atomic mass is 10.0. The molecule has 0 saturated carbocycles. The summed E-state index contributed by atoms with van der Waals surface area (Å²) >= 11 is 0. The highest BCUT2D eigenvalue weighted by Crippen LogP contribution is 2.06. The van der Waals surface area contributed by atoms with E-state index in [1.165, 1.54) is 6.08 Å². The SMILES string of the molecule is CC(C)[C@@H](NC(=O)C=Cc1ccc(C#N)cc1)C(=O)O. The molecule has 0 aliphatic rings. The van der Waals surface area contributed by atoms with E-state index in [4.69, 9.17) is 10.4 Å². The number of carboxylic acid groups (broad SMARTS) is 1. The van der Waals surface area contributed by atoms with Crippen molar-refractivity contribution in [2.24, 2.45) is 5.92 Å². The number of hydrogen-bond acceptors (Lipinski definition) is 3. The number of aliphatic carboxylic acids is 1. The average molecular weight is 272 g/mol. The minimum atomic E-state index is -1.06. The molecule has 1 amide bonds. The van der Waals surface area contributed by atoms with Crippen LogP contribution in [0.3, 0.4) is 0 Å². The summed E-state index contributed by atoms with van der Waals surface area (Å²) in [5.74, 6) is -1.71. The first-order valence-electron chi connectivity index (χ1n) is 6.15. The third-order valence-electron chi connectivity index (χ3n) is 2.70. The van der Waals surface area contributed by atoms with Crippen LogP contribution in [0.2, 0.25) is 0 Å². The van der Waals surface area contributed by atoms with E-state index in [0.717, 1.165) is 5.56 Å². The molecule has 0 unspecified atom stereocenters. The van der Waals surface area contributed by atoms with E-state index in [1.54, 1.807) is 44.2 Å². The van der Waals surface area contributed by atoms with Crippen molar-refractivity contribution < 1.29 is 14.7 Å². The van der Waals surface area contributed by atoms with Gasteiger partial charge in [-0.15, -0.1) is 0 Å². The maximum atomic E-state index is 11.6. The van der Waals surface area contributed by atoms with Gasteiger partial charge in [-0.05, 0) is 29.7 Å². The number of benzene rings is 1. The van der Waals surface area contributed by atoms with E-state index >= 15 is 0 Å². The standard InChI is InChI=1S/C15H16N2O3/c1-10(2)14(15(19)20)17-13(18)8-7-11-3-5-12(9-16)6-4-11/h3-8,10,14H,1-2H3,(H,17,18)(H,19,20)/t14-/m1/s1. The molecule has 2 N–H and O–H groups in total. The first-order valence-corrected chi connectivity index (χ1v) is 6.15. The van der Waals surface area contributed by atoms with Crippen LogP contribution < -0.4 is 5.32 Å². The van der Waals surface area contributed by atoms with E-state index in [0.29, 0.717) is 5.56 Å². The van der Waals surface area contributed by atoms with Crippen LogP contribution >= 0.6 is 0 Å². The lowest BCUT2D eigenvalue weighted by Crippen LogP contribution is -2.43. The number of rotatable bonds is 5. The fourth-order valence-corrected chi connectivity index (χ4v) is 1.56. The summed E-state index contributed by atoms with van der Waals surface area (Å²) in [5, 5.41) is 20.1. The molecule has 20 heavy (non-hydrogen) atoms. The third-order valence-corrected chi connectivity index (χ3v) is 2.70. The zero-order valence-electron chi connectivity index (χ0n) is 11.3. The molecule has 0 spiro atoms. The predicted molar refractivity (Wildman–Crippen MR) is 74.6 cm³/mol. The second-order valence-electron chi connectivity index (χ2n) is 4.64. The number of carbonyl (C=O) groups is 2. The largest absolute Gasteiger partial charge is 0.480 e. The van der Waals surface area contributed by atoms with Gasteiger partial charge in [-0.3, -0.25) is 4.79 Å². The molecule has 1 atom stereocenters. The lowest BCUT2D eigenvalue weighted by Gasteiger charge is -2.16. The highest BCUT2D eigenvalue weighted by Gasteiger charge is 2.22. The van der Waals surface area contributed by atoms with Crippen LogP contribution in [-0.2, 0) is 9.59 Å². The van der Waals surface area contributed by atoms with Crippen LogP contribution in [0.15, 0.2) is 30.3 Å². The third kappa shape index (κ3) is 4.58. The van der Waals surface area contributed by atoms with Crippen LogP contribution in [0.25, 0.3) is 6.08 Å². The zero-order valence-corrected chi connectivity index (χ0v) is 11.3. The molecule has 1 aromatic rings. The monoisotopic (exact) mass is 272 g/mol. The second-order valence-corrected chi connectivity index (χ2v) is 4.64. The van der Waals surface area contributed by atoms with E-state index in [1.807, 2.05) is 6.07 Å². The first kappa shape index (κ1) is 15.4. The van der Waals surface area contributed by atoms with Gasteiger partial charge in [-0.1, -0.05) is 26.0 Å². The van der Waals surface area contributed by atoms with Gasteiger partial charge in [0.05, 0.1) is 11.6 Å². The first-order chi connectivity index (χ1) is 9.43. The van der Waals surface area contributed by atoms with Crippen molar-refractivity contribution in [1.29, 1.82) is 5.26 Å². The van der Waals surface area contributed by atoms with Crippen LogP contribution in [0.5, 0.6) is 0 Å². The van der Waals surface area contributed by atoms with Crippen molar-refractivity contribution in [3.05, 3.63) is 41.5 Å². The molecule has 0 radical (unpaired) electrons. The van der Waals surface area contributed by atoms with Crippen molar-refractivity contribution >= 4 is 18.0 Å². The number of hydrogen-bond donors (Lipinski definition) is 2. The van der Waals surface area contributed by atoms with Crippen LogP contribution in [0.1, 0.15) is 25.0 Å². The van der Waals surface area contributed by atoms with Gasteiger partial charge < -0.3 is 10.4 Å². The number of nitriles is 1. The maximum Gasteiger partial charge on any atom is 0.326 e. The molecule has 5 nitrogen and oxygen atoms in total. The molecule has 1 rings (SSSR count). The van der Waals surface area contributed by atoms with E-state index < -0.39 is 17.9 Å². The molecule has 0 aromatic heterocycles. The average Bonchev–Trinajstić information content (AvgIpc) is 2.42. The molecule has 1 aromatic carbocycles. The summed E-state index contributed by atoms with van der Waals surface area (Å²) in [6.07, 6.45) is 2.84. The maximum absolute atomic E-state index is 11.6. The van der Waals surface area contributed by atoms with Gasteiger partial charge in [0.1, 0.15) is 6.04 Å². The number of nitrogens with one attached hydrogen (secondary N) is 1. The molecule has 0 fully saturated rings. The Hall–Kier alpha value is -2.61. The van der Waals surface area contributed by atoms with Gasteiger partial charge in [0.25, 0.3) is 0 Å². The Bertz CT molecular complexity index is 553. The minimum Gasteiger partial charge on any atom is -0.480 e. The van der Waals surface area contributed by atoms with Crippen molar-refractivity contribution in [1.82, 2.24) is 5.32 Å². The van der Waals surface area contributed by atoms with Crippen LogP contribution in [-0.4, -0.2) is 23.0 Å². The van der Waals surface area contributed by atoms with E-state index in [-0.39, 0.29) is 5.92 Å². The summed E-state index contributed by atoms with van der Waals surface area (Å²) in [6, 6.07) is 7.80. The van der Waals surface area contributed by atoms with Gasteiger partial charge >= 0.3 is 5.97 Å². The van der Waals surface area contributed by atoms with Gasteiger partial charge in [0, 0.05) is 6.08 Å². The van der Waals surface area contributed by atoms with Crippen LogP contribution in [0, 0.1) is 17.2 Å². The summed E-state index contributed by atoms with van der Waals surface area (Å²) in [7, 11) is 0. The van der Waals surface area contributed by atoms with Gasteiger partial charge in [0.2, 0.25) is 5.91 Å². The predicted octanol–water partition coefficient (Wildman–Crippen LogP) is 1.80. The Morgan fingerprint density at radius 1 is 1.30 bits per heavy atom. The number of carboxylic acids is 1. The Morgan fingerprint density at radius 2 is 1.90 bits per heavy atom. The van der Waals surface area contributed by atoms with Gasteiger partial charge in [-0.25, -0.2) is 4.79 Å². The molecule has 104 valence electrons. The fraction of sp³-hybridized carbons (Fsp3) is 0.267. The molecular formula is C15H16N2O3. The van der Waals surface area contributed by atoms with Crippen LogP contribution in [0.4, 0.5) is 0 Å². The fourth-order valence-electron chi connectivity index (χ4n) is 1.56. The van der Waals surface area contributed by atoms with Crippen molar-refractivity contribution in [3.8, 4) is 6.07 Å². The van der Waals surface area contributed by atoms with E-state index in [9.17, 15) is 9.59 Å². The molecule has 0 aliphatic heterocycles. The Balaban J connectivity index is 2.67. The smallest absolute Gasteiger partial charge is 0.326 e. The molecular weight excluding hydrogens is 256 g/mol. The van der Waals surface area contributed by atoms with Crippen molar-refractivity contribution in [2.75, 3.05) is 0 Å². The molecule has 0 aliphatic carbocycles. The number of nitrogens with zero attached hydrogens (tertiary/aromatic N) is 1. The molecule has 0 heterocycles. The van der Waals surface area contributed by atoms with E-state index in [2.05, 4.69) is 5.32 Å². The number of amides is 1.